The molecule has 0 amide bonds. The van der Waals surface area contributed by atoms with Gasteiger partial charge in [0.2, 0.25) is 0 Å². The van der Waals surface area contributed by atoms with Crippen LogP contribution in [0.3, 0.4) is 0 Å². The lowest BCUT2D eigenvalue weighted by Crippen LogP contribution is -2.17. The van der Waals surface area contributed by atoms with Gasteiger partial charge >= 0.3 is 0 Å². The molecule has 0 heterocycles. The predicted octanol–water partition coefficient (Wildman–Crippen LogP) is 4.61. The Morgan fingerprint density at radius 2 is 1.72 bits per heavy atom. The molecule has 2 aromatic carbocycles. The molecule has 18 heavy (non-hydrogen) atoms. The molecule has 1 nitrogen and oxygen atoms in total. The van der Waals surface area contributed by atoms with Gasteiger partial charge in [-0.15, -0.1) is 0 Å². The van der Waals surface area contributed by atoms with Crippen molar-refractivity contribution in [3.05, 3.63) is 69.2 Å². The summed E-state index contributed by atoms with van der Waals surface area (Å²) in [5.41, 5.74) is 3.35. The van der Waals surface area contributed by atoms with Gasteiger partial charge in [-0.3, -0.25) is 0 Å². The summed E-state index contributed by atoms with van der Waals surface area (Å²) >= 11 is 12.2. The van der Waals surface area contributed by atoms with Crippen LogP contribution in [0.1, 0.15) is 22.7 Å². The molecule has 0 fully saturated rings. The summed E-state index contributed by atoms with van der Waals surface area (Å²) in [6, 6.07) is 14.1. The van der Waals surface area contributed by atoms with E-state index in [0.717, 1.165) is 26.7 Å². The Labute approximate surface area is 118 Å². The van der Waals surface area contributed by atoms with Gasteiger partial charge in [-0.2, -0.15) is 0 Å². The third-order valence-corrected chi connectivity index (χ3v) is 3.64. The van der Waals surface area contributed by atoms with E-state index in [9.17, 15) is 0 Å². The number of benzene rings is 2. The van der Waals surface area contributed by atoms with Crippen LogP contribution in [0.4, 0.5) is 0 Å². The Morgan fingerprint density at radius 3 is 2.33 bits per heavy atom. The quantitative estimate of drug-likeness (QED) is 0.865. The van der Waals surface area contributed by atoms with E-state index < -0.39 is 0 Å². The average molecular weight is 280 g/mol. The maximum Gasteiger partial charge on any atom is 0.0575 e. The summed E-state index contributed by atoms with van der Waals surface area (Å²) in [5, 5.41) is 4.82. The van der Waals surface area contributed by atoms with Crippen molar-refractivity contribution < 1.29 is 0 Å². The second kappa shape index (κ2) is 5.75. The van der Waals surface area contributed by atoms with Crippen molar-refractivity contribution in [1.29, 1.82) is 0 Å². The minimum Gasteiger partial charge on any atom is -0.309 e. The maximum absolute atomic E-state index is 6.18. The second-order valence-electron chi connectivity index (χ2n) is 4.29. The molecular formula is C15H15Cl2N. The molecule has 0 bridgehead atoms. The zero-order valence-electron chi connectivity index (χ0n) is 10.4. The highest BCUT2D eigenvalue weighted by molar-refractivity contribution is 6.31. The van der Waals surface area contributed by atoms with Crippen molar-refractivity contribution in [3.63, 3.8) is 0 Å². The minimum absolute atomic E-state index is 0.0989. The first kappa shape index (κ1) is 13.4. The minimum atomic E-state index is 0.0989. The second-order valence-corrected chi connectivity index (χ2v) is 5.13. The van der Waals surface area contributed by atoms with Gasteiger partial charge < -0.3 is 5.32 Å². The van der Waals surface area contributed by atoms with Gasteiger partial charge in [0, 0.05) is 10.0 Å². The lowest BCUT2D eigenvalue weighted by molar-refractivity contribution is 0.692. The Balaban J connectivity index is 2.42. The molecule has 2 rings (SSSR count). The van der Waals surface area contributed by atoms with E-state index in [1.165, 1.54) is 0 Å². The SMILES string of the molecule is CNC(c1cccc(Cl)c1)c1ccc(C)c(Cl)c1. The molecule has 0 saturated carbocycles. The largest absolute Gasteiger partial charge is 0.309 e. The van der Waals surface area contributed by atoms with E-state index >= 15 is 0 Å². The smallest absolute Gasteiger partial charge is 0.0575 e. The Kier molecular flexibility index (Phi) is 4.28. The first-order valence-electron chi connectivity index (χ1n) is 5.80. The normalized spacial score (nSPS) is 12.4. The van der Waals surface area contributed by atoms with Gasteiger partial charge in [-0.05, 0) is 48.9 Å². The first-order chi connectivity index (χ1) is 8.61. The van der Waals surface area contributed by atoms with Crippen molar-refractivity contribution in [2.24, 2.45) is 0 Å². The van der Waals surface area contributed by atoms with Gasteiger partial charge in [0.05, 0.1) is 6.04 Å². The fraction of sp³-hybridized carbons (Fsp3) is 0.200. The van der Waals surface area contributed by atoms with E-state index in [2.05, 4.69) is 17.4 Å². The molecule has 0 aliphatic heterocycles. The molecule has 0 spiro atoms. The number of rotatable bonds is 3. The highest BCUT2D eigenvalue weighted by Gasteiger charge is 2.13. The van der Waals surface area contributed by atoms with Crippen LogP contribution in [0.5, 0.6) is 0 Å². The van der Waals surface area contributed by atoms with E-state index in [0.29, 0.717) is 0 Å². The molecular weight excluding hydrogens is 265 g/mol. The predicted molar refractivity (Wildman–Crippen MR) is 78.5 cm³/mol. The molecule has 1 atom stereocenters. The lowest BCUT2D eigenvalue weighted by Gasteiger charge is -2.18. The van der Waals surface area contributed by atoms with Gasteiger partial charge in [0.15, 0.2) is 0 Å². The summed E-state index contributed by atoms with van der Waals surface area (Å²) in [5.74, 6) is 0. The third-order valence-electron chi connectivity index (χ3n) is 3.00. The van der Waals surface area contributed by atoms with Crippen molar-refractivity contribution in [3.8, 4) is 0 Å². The fourth-order valence-electron chi connectivity index (χ4n) is 2.00. The van der Waals surface area contributed by atoms with Crippen LogP contribution in [-0.4, -0.2) is 7.05 Å². The van der Waals surface area contributed by atoms with Crippen LogP contribution in [0.25, 0.3) is 0 Å². The van der Waals surface area contributed by atoms with Crippen molar-refractivity contribution in [2.45, 2.75) is 13.0 Å². The fourth-order valence-corrected chi connectivity index (χ4v) is 2.39. The molecule has 2 aromatic rings. The molecule has 0 saturated heterocycles. The van der Waals surface area contributed by atoms with Crippen LogP contribution in [0, 0.1) is 6.92 Å². The molecule has 1 N–H and O–H groups in total. The molecule has 1 unspecified atom stereocenters. The molecule has 94 valence electrons. The van der Waals surface area contributed by atoms with Crippen LogP contribution >= 0.6 is 23.2 Å². The summed E-state index contributed by atoms with van der Waals surface area (Å²) < 4.78 is 0. The number of halogens is 2. The Hall–Kier alpha value is -1.02. The van der Waals surface area contributed by atoms with Crippen molar-refractivity contribution in [1.82, 2.24) is 5.32 Å². The number of hydrogen-bond acceptors (Lipinski definition) is 1. The monoisotopic (exact) mass is 279 g/mol. The van der Waals surface area contributed by atoms with Gasteiger partial charge in [-0.25, -0.2) is 0 Å². The van der Waals surface area contributed by atoms with Crippen LogP contribution in [-0.2, 0) is 0 Å². The molecule has 0 aliphatic rings. The van der Waals surface area contributed by atoms with E-state index in [-0.39, 0.29) is 6.04 Å². The summed E-state index contributed by atoms with van der Waals surface area (Å²) in [4.78, 5) is 0. The number of hydrogen-bond donors (Lipinski definition) is 1. The summed E-state index contributed by atoms with van der Waals surface area (Å²) in [6.45, 7) is 2.00. The zero-order valence-corrected chi connectivity index (χ0v) is 11.9. The molecule has 0 radical (unpaired) electrons. The molecule has 0 aliphatic carbocycles. The molecule has 0 aromatic heterocycles. The number of nitrogens with one attached hydrogen (secondary N) is 1. The van der Waals surface area contributed by atoms with E-state index in [4.69, 9.17) is 23.2 Å². The van der Waals surface area contributed by atoms with Gasteiger partial charge in [0.1, 0.15) is 0 Å². The van der Waals surface area contributed by atoms with Crippen LogP contribution in [0.2, 0.25) is 10.0 Å². The van der Waals surface area contributed by atoms with Crippen LogP contribution < -0.4 is 5.32 Å². The molecule has 3 heteroatoms. The summed E-state index contributed by atoms with van der Waals surface area (Å²) in [6.07, 6.45) is 0. The Bertz CT molecular complexity index is 552. The van der Waals surface area contributed by atoms with Crippen molar-refractivity contribution >= 4 is 23.2 Å². The average Bonchev–Trinajstić information content (AvgIpc) is 2.35. The zero-order chi connectivity index (χ0) is 13.1. The highest BCUT2D eigenvalue weighted by Crippen LogP contribution is 2.27. The Morgan fingerprint density at radius 1 is 1.00 bits per heavy atom. The van der Waals surface area contributed by atoms with E-state index in [1.54, 1.807) is 0 Å². The van der Waals surface area contributed by atoms with Gasteiger partial charge in [0.25, 0.3) is 0 Å². The van der Waals surface area contributed by atoms with Gasteiger partial charge in [-0.1, -0.05) is 47.5 Å². The maximum atomic E-state index is 6.18. The first-order valence-corrected chi connectivity index (χ1v) is 6.56. The highest BCUT2D eigenvalue weighted by atomic mass is 35.5. The topological polar surface area (TPSA) is 12.0 Å². The third kappa shape index (κ3) is 2.86. The summed E-state index contributed by atoms with van der Waals surface area (Å²) in [7, 11) is 1.93. The lowest BCUT2D eigenvalue weighted by atomic mass is 9.98. The van der Waals surface area contributed by atoms with Crippen LogP contribution in [0.15, 0.2) is 42.5 Å². The van der Waals surface area contributed by atoms with Crippen molar-refractivity contribution in [2.75, 3.05) is 7.05 Å². The van der Waals surface area contributed by atoms with E-state index in [1.807, 2.05) is 44.3 Å². The number of aryl methyl sites for hydroxylation is 1. The standard InChI is InChI=1S/C15H15Cl2N/c1-10-6-7-12(9-14(10)17)15(18-2)11-4-3-5-13(16)8-11/h3-9,15,18H,1-2H3.